The smallest absolute Gasteiger partial charge is 0.314 e. The fourth-order valence-electron chi connectivity index (χ4n) is 0.687. The second kappa shape index (κ2) is 3.37. The minimum atomic E-state index is 0.571. The Bertz CT molecular complexity index is 284. The molecule has 0 atom stereocenters. The zero-order valence-electron chi connectivity index (χ0n) is 5.66. The lowest BCUT2D eigenvalue weighted by molar-refractivity contribution is 0.561. The largest absolute Gasteiger partial charge is 0.318 e. The molecule has 3 heteroatoms. The normalized spacial score (nSPS) is 8.27. The summed E-state index contributed by atoms with van der Waals surface area (Å²) in [7, 11) is 0. The molecule has 0 aliphatic rings. The summed E-state index contributed by atoms with van der Waals surface area (Å²) in [5.41, 5.74) is 1.21. The Hall–Kier alpha value is -1.82. The van der Waals surface area contributed by atoms with Gasteiger partial charge < -0.3 is 5.32 Å². The average Bonchev–Trinajstić information content (AvgIpc) is 2.07. The van der Waals surface area contributed by atoms with E-state index in [0.29, 0.717) is 11.3 Å². The molecular weight excluding hydrogens is 140 g/mol. The Labute approximate surface area is 64.3 Å². The number of amides is 1. The van der Waals surface area contributed by atoms with Crippen molar-refractivity contribution < 1.29 is 4.79 Å². The highest BCUT2D eigenvalue weighted by Gasteiger charge is 1.90. The van der Waals surface area contributed by atoms with Crippen molar-refractivity contribution in [2.45, 2.75) is 0 Å². The molecule has 0 fully saturated rings. The van der Waals surface area contributed by atoms with E-state index in [0.717, 1.165) is 0 Å². The molecule has 1 aromatic carbocycles. The predicted molar refractivity (Wildman–Crippen MR) is 40.5 cm³/mol. The van der Waals surface area contributed by atoms with E-state index in [4.69, 9.17) is 5.26 Å². The molecule has 3 nitrogen and oxygen atoms in total. The summed E-state index contributed by atoms with van der Waals surface area (Å²) in [6.45, 7) is 0. The van der Waals surface area contributed by atoms with Crippen LogP contribution < -0.4 is 5.32 Å². The van der Waals surface area contributed by atoms with E-state index >= 15 is 0 Å². The van der Waals surface area contributed by atoms with Crippen LogP contribution in [0.15, 0.2) is 24.3 Å². The fraction of sp³-hybridized carbons (Fsp3) is 0. The van der Waals surface area contributed by atoms with Gasteiger partial charge >= 0.3 is 6.41 Å². The number of nitrogens with zero attached hydrogens (tertiary/aromatic N) is 1. The summed E-state index contributed by atoms with van der Waals surface area (Å²) in [4.78, 5) is 9.83. The van der Waals surface area contributed by atoms with Crippen LogP contribution in [0.5, 0.6) is 0 Å². The number of hydrogen-bond acceptors (Lipinski definition) is 2. The van der Waals surface area contributed by atoms with Gasteiger partial charge in [0.2, 0.25) is 0 Å². The van der Waals surface area contributed by atoms with Crippen LogP contribution in [0, 0.1) is 11.3 Å². The molecule has 11 heavy (non-hydrogen) atoms. The van der Waals surface area contributed by atoms with Gasteiger partial charge in [-0.1, -0.05) is 0 Å². The first kappa shape index (κ1) is 7.29. The lowest BCUT2D eigenvalue weighted by Crippen LogP contribution is -1.92. The van der Waals surface area contributed by atoms with Crippen LogP contribution >= 0.6 is 0 Å². The maximum atomic E-state index is 9.83. The van der Waals surface area contributed by atoms with Crippen LogP contribution in [0.2, 0.25) is 0 Å². The third-order valence-electron chi connectivity index (χ3n) is 1.21. The van der Waals surface area contributed by atoms with Gasteiger partial charge in [-0.25, -0.2) is 0 Å². The van der Waals surface area contributed by atoms with E-state index in [1.807, 2.05) is 6.07 Å². The molecule has 0 heterocycles. The minimum absolute atomic E-state index is 0.571. The Morgan fingerprint density at radius 1 is 1.27 bits per heavy atom. The Balaban J connectivity index is 2.84. The van der Waals surface area contributed by atoms with Crippen molar-refractivity contribution in [2.24, 2.45) is 0 Å². The monoisotopic (exact) mass is 145 g/mol. The molecule has 53 valence electrons. The van der Waals surface area contributed by atoms with Gasteiger partial charge in [0.15, 0.2) is 0 Å². The molecule has 0 aromatic heterocycles. The van der Waals surface area contributed by atoms with Crippen molar-refractivity contribution >= 4 is 12.1 Å². The molecule has 1 amide bonds. The quantitative estimate of drug-likeness (QED) is 0.632. The first-order valence-corrected chi connectivity index (χ1v) is 3.00. The number of nitrogens with one attached hydrogen (secondary N) is 1. The van der Waals surface area contributed by atoms with Crippen LogP contribution in [-0.2, 0) is 4.79 Å². The Kier molecular flexibility index (Phi) is 2.24. The van der Waals surface area contributed by atoms with Crippen molar-refractivity contribution in [1.82, 2.24) is 0 Å². The molecule has 0 saturated carbocycles. The van der Waals surface area contributed by atoms with E-state index in [1.165, 1.54) is 6.41 Å². The third kappa shape index (κ3) is 1.80. The van der Waals surface area contributed by atoms with Crippen LogP contribution in [0.4, 0.5) is 5.69 Å². The molecule has 0 unspecified atom stereocenters. The van der Waals surface area contributed by atoms with Crippen LogP contribution in [0.1, 0.15) is 5.56 Å². The van der Waals surface area contributed by atoms with E-state index in [-0.39, 0.29) is 0 Å². The summed E-state index contributed by atoms with van der Waals surface area (Å²) >= 11 is 0. The lowest BCUT2D eigenvalue weighted by Gasteiger charge is -1.94. The second-order valence-electron chi connectivity index (χ2n) is 1.92. The van der Waals surface area contributed by atoms with Crippen molar-refractivity contribution in [3.05, 3.63) is 29.8 Å². The number of carbonyl (C=O) groups excluding carboxylic acids is 1. The van der Waals surface area contributed by atoms with Gasteiger partial charge in [0.25, 0.3) is 0 Å². The second-order valence-corrected chi connectivity index (χ2v) is 1.92. The number of rotatable bonds is 2. The number of anilines is 1. The molecule has 1 radical (unpaired) electrons. The number of nitriles is 1. The van der Waals surface area contributed by atoms with Gasteiger partial charge in [-0.2, -0.15) is 5.26 Å². The topological polar surface area (TPSA) is 52.9 Å². The summed E-state index contributed by atoms with van der Waals surface area (Å²) in [6.07, 6.45) is 1.54. The van der Waals surface area contributed by atoms with Gasteiger partial charge in [-0.15, -0.1) is 0 Å². The highest BCUT2D eigenvalue weighted by atomic mass is 16.1. The van der Waals surface area contributed by atoms with Gasteiger partial charge in [0, 0.05) is 5.69 Å². The minimum Gasteiger partial charge on any atom is -0.318 e. The summed E-state index contributed by atoms with van der Waals surface area (Å²) in [5, 5.41) is 10.8. The first-order chi connectivity index (χ1) is 5.36. The maximum absolute atomic E-state index is 9.83. The lowest BCUT2D eigenvalue weighted by atomic mass is 10.2. The molecule has 0 bridgehead atoms. The molecular formula is C8H5N2O. The highest BCUT2D eigenvalue weighted by molar-refractivity contribution is 5.71. The predicted octanol–water partition coefficient (Wildman–Crippen LogP) is 1.04. The fourth-order valence-corrected chi connectivity index (χ4v) is 0.687. The summed E-state index contributed by atoms with van der Waals surface area (Å²) in [6, 6.07) is 8.50. The van der Waals surface area contributed by atoms with Crippen LogP contribution in [0.3, 0.4) is 0 Å². The zero-order valence-corrected chi connectivity index (χ0v) is 5.66. The van der Waals surface area contributed by atoms with Gasteiger partial charge in [0.1, 0.15) is 0 Å². The third-order valence-corrected chi connectivity index (χ3v) is 1.21. The van der Waals surface area contributed by atoms with Crippen LogP contribution in [0.25, 0.3) is 0 Å². The van der Waals surface area contributed by atoms with E-state index < -0.39 is 0 Å². The summed E-state index contributed by atoms with van der Waals surface area (Å²) < 4.78 is 0. The van der Waals surface area contributed by atoms with Gasteiger partial charge in [0.05, 0.1) is 11.6 Å². The molecule has 1 aromatic rings. The standard InChI is InChI=1S/C8H5N2O/c9-5-7-1-3-8(4-2-7)10-6-11/h1-4H,(H,10,11). The first-order valence-electron chi connectivity index (χ1n) is 3.00. The van der Waals surface area contributed by atoms with Crippen molar-refractivity contribution in [2.75, 3.05) is 5.32 Å². The molecule has 1 rings (SSSR count). The highest BCUT2D eigenvalue weighted by Crippen LogP contribution is 2.06. The van der Waals surface area contributed by atoms with Gasteiger partial charge in [-0.3, -0.25) is 4.79 Å². The Morgan fingerprint density at radius 3 is 2.36 bits per heavy atom. The Morgan fingerprint density at radius 2 is 1.91 bits per heavy atom. The molecule has 1 N–H and O–H groups in total. The van der Waals surface area contributed by atoms with Crippen molar-refractivity contribution in [3.8, 4) is 6.07 Å². The van der Waals surface area contributed by atoms with Crippen molar-refractivity contribution in [3.63, 3.8) is 0 Å². The van der Waals surface area contributed by atoms with Gasteiger partial charge in [-0.05, 0) is 24.3 Å². The van der Waals surface area contributed by atoms with Crippen LogP contribution in [-0.4, -0.2) is 6.41 Å². The summed E-state index contributed by atoms with van der Waals surface area (Å²) in [5.74, 6) is 0. The number of benzene rings is 1. The number of hydrogen-bond donors (Lipinski definition) is 1. The molecule has 0 spiro atoms. The van der Waals surface area contributed by atoms with Crippen molar-refractivity contribution in [1.29, 1.82) is 5.26 Å². The SMILES string of the molecule is N#Cc1ccc(N[C]=O)cc1. The van der Waals surface area contributed by atoms with E-state index in [2.05, 4.69) is 5.32 Å². The van der Waals surface area contributed by atoms with E-state index in [9.17, 15) is 4.79 Å². The molecule has 0 saturated heterocycles. The average molecular weight is 145 g/mol. The molecule has 0 aliphatic carbocycles. The maximum Gasteiger partial charge on any atom is 0.314 e. The van der Waals surface area contributed by atoms with E-state index in [1.54, 1.807) is 24.3 Å². The molecule has 0 aliphatic heterocycles. The zero-order chi connectivity index (χ0) is 8.10.